The van der Waals surface area contributed by atoms with E-state index in [1.165, 1.54) is 22.2 Å². The van der Waals surface area contributed by atoms with Gasteiger partial charge in [0.05, 0.1) is 11.3 Å². The molecule has 0 aliphatic rings. The van der Waals surface area contributed by atoms with Crippen molar-refractivity contribution in [3.8, 4) is 0 Å². The van der Waals surface area contributed by atoms with Crippen LogP contribution in [-0.4, -0.2) is 16.1 Å². The summed E-state index contributed by atoms with van der Waals surface area (Å²) in [4.78, 5) is 16.1. The third-order valence-electron chi connectivity index (χ3n) is 2.94. The highest BCUT2D eigenvalue weighted by Crippen LogP contribution is 2.24. The lowest BCUT2D eigenvalue weighted by Gasteiger charge is -2.05. The van der Waals surface area contributed by atoms with Gasteiger partial charge in [-0.15, -0.1) is 11.8 Å². The van der Waals surface area contributed by atoms with Crippen molar-refractivity contribution in [2.45, 2.75) is 24.5 Å². The highest BCUT2D eigenvalue weighted by Gasteiger charge is 2.04. The molecule has 0 fully saturated rings. The zero-order valence-electron chi connectivity index (χ0n) is 10.9. The van der Waals surface area contributed by atoms with E-state index in [2.05, 4.69) is 37.0 Å². The summed E-state index contributed by atoms with van der Waals surface area (Å²) in [5.74, 6) is -0.205. The highest BCUT2D eigenvalue weighted by molar-refractivity contribution is 7.98. The van der Waals surface area contributed by atoms with Gasteiger partial charge < -0.3 is 5.11 Å². The zero-order valence-corrected chi connectivity index (χ0v) is 11.7. The molecule has 0 unspecified atom stereocenters. The Labute approximate surface area is 116 Å². The Morgan fingerprint density at radius 2 is 2.00 bits per heavy atom. The number of carbonyl (C=O) groups is 1. The molecule has 19 heavy (non-hydrogen) atoms. The van der Waals surface area contributed by atoms with Crippen LogP contribution in [0, 0.1) is 13.8 Å². The fraction of sp³-hybridized carbons (Fsp3) is 0.200. The van der Waals surface area contributed by atoms with E-state index in [0.29, 0.717) is 0 Å². The third-order valence-corrected chi connectivity index (χ3v) is 3.96. The first kappa shape index (κ1) is 13.6. The topological polar surface area (TPSA) is 50.2 Å². The zero-order chi connectivity index (χ0) is 13.8. The number of nitrogens with zero attached hydrogens (tertiary/aromatic N) is 1. The fourth-order valence-corrected chi connectivity index (χ4v) is 2.51. The first-order chi connectivity index (χ1) is 9.06. The van der Waals surface area contributed by atoms with Crippen LogP contribution in [0.25, 0.3) is 0 Å². The van der Waals surface area contributed by atoms with Gasteiger partial charge in [-0.25, -0.2) is 4.79 Å². The van der Waals surface area contributed by atoms with Crippen molar-refractivity contribution in [3.05, 3.63) is 58.9 Å². The normalized spacial score (nSPS) is 10.4. The first-order valence-corrected chi connectivity index (χ1v) is 6.93. The van der Waals surface area contributed by atoms with Crippen molar-refractivity contribution in [2.75, 3.05) is 0 Å². The average molecular weight is 273 g/mol. The largest absolute Gasteiger partial charge is 0.478 e. The summed E-state index contributed by atoms with van der Waals surface area (Å²) in [5, 5.41) is 8.79. The van der Waals surface area contributed by atoms with Crippen LogP contribution in [0.15, 0.2) is 41.4 Å². The monoisotopic (exact) mass is 273 g/mol. The van der Waals surface area contributed by atoms with Gasteiger partial charge in [-0.3, -0.25) is 4.98 Å². The molecule has 1 heterocycles. The second-order valence-corrected chi connectivity index (χ2v) is 5.43. The molecule has 0 saturated carbocycles. The van der Waals surface area contributed by atoms with E-state index in [-0.39, 0.29) is 5.56 Å². The van der Waals surface area contributed by atoms with E-state index in [1.54, 1.807) is 23.9 Å². The summed E-state index contributed by atoms with van der Waals surface area (Å²) in [6.07, 6.45) is 1.40. The second kappa shape index (κ2) is 5.89. The maximum absolute atomic E-state index is 10.7. The Hall–Kier alpha value is -1.81. The van der Waals surface area contributed by atoms with Crippen LogP contribution < -0.4 is 0 Å². The maximum atomic E-state index is 10.7. The van der Waals surface area contributed by atoms with E-state index in [0.717, 1.165) is 11.4 Å². The SMILES string of the molecule is Cc1ccc(SCc2ccc(C(=O)O)cn2)cc1C. The molecule has 0 bridgehead atoms. The van der Waals surface area contributed by atoms with E-state index in [9.17, 15) is 4.79 Å². The molecule has 0 aliphatic heterocycles. The molecule has 0 spiro atoms. The van der Waals surface area contributed by atoms with E-state index in [4.69, 9.17) is 5.11 Å². The van der Waals surface area contributed by atoms with Gasteiger partial charge in [0.1, 0.15) is 0 Å². The first-order valence-electron chi connectivity index (χ1n) is 5.94. The smallest absolute Gasteiger partial charge is 0.337 e. The van der Waals surface area contributed by atoms with Crippen molar-refractivity contribution in [1.82, 2.24) is 4.98 Å². The van der Waals surface area contributed by atoms with Gasteiger partial charge in [0, 0.05) is 16.8 Å². The van der Waals surface area contributed by atoms with Crippen LogP contribution in [0.5, 0.6) is 0 Å². The van der Waals surface area contributed by atoms with Gasteiger partial charge in [-0.2, -0.15) is 0 Å². The van der Waals surface area contributed by atoms with Crippen molar-refractivity contribution in [3.63, 3.8) is 0 Å². The Balaban J connectivity index is 2.01. The molecule has 1 aromatic heterocycles. The molecule has 98 valence electrons. The molecule has 4 heteroatoms. The number of hydrogen-bond donors (Lipinski definition) is 1. The van der Waals surface area contributed by atoms with Crippen LogP contribution in [0.4, 0.5) is 0 Å². The molecule has 1 aromatic carbocycles. The number of rotatable bonds is 4. The van der Waals surface area contributed by atoms with Gasteiger partial charge in [0.2, 0.25) is 0 Å². The Morgan fingerprint density at radius 1 is 1.21 bits per heavy atom. The molecule has 0 radical (unpaired) electrons. The van der Waals surface area contributed by atoms with Gasteiger partial charge in [0.15, 0.2) is 0 Å². The highest BCUT2D eigenvalue weighted by atomic mass is 32.2. The predicted molar refractivity (Wildman–Crippen MR) is 76.7 cm³/mol. The maximum Gasteiger partial charge on any atom is 0.337 e. The summed E-state index contributed by atoms with van der Waals surface area (Å²) < 4.78 is 0. The quantitative estimate of drug-likeness (QED) is 0.863. The van der Waals surface area contributed by atoms with Crippen LogP contribution in [0.1, 0.15) is 27.2 Å². The van der Waals surface area contributed by atoms with Crippen LogP contribution in [0.3, 0.4) is 0 Å². The van der Waals surface area contributed by atoms with Gasteiger partial charge in [0.25, 0.3) is 0 Å². The predicted octanol–water partition coefficient (Wildman–Crippen LogP) is 3.69. The molecule has 0 aliphatic carbocycles. The van der Waals surface area contributed by atoms with Crippen molar-refractivity contribution in [2.24, 2.45) is 0 Å². The summed E-state index contributed by atoms with van der Waals surface area (Å²) in [6.45, 7) is 4.19. The van der Waals surface area contributed by atoms with E-state index < -0.39 is 5.97 Å². The molecule has 1 N–H and O–H groups in total. The number of carboxylic acid groups (broad SMARTS) is 1. The van der Waals surface area contributed by atoms with Gasteiger partial charge in [-0.1, -0.05) is 6.07 Å². The lowest BCUT2D eigenvalue weighted by atomic mass is 10.1. The number of carboxylic acids is 1. The van der Waals surface area contributed by atoms with Crippen molar-refractivity contribution < 1.29 is 9.90 Å². The summed E-state index contributed by atoms with van der Waals surface area (Å²) in [7, 11) is 0. The van der Waals surface area contributed by atoms with Crippen molar-refractivity contribution in [1.29, 1.82) is 0 Å². The molecular weight excluding hydrogens is 258 g/mol. The number of thioether (sulfide) groups is 1. The second-order valence-electron chi connectivity index (χ2n) is 4.38. The van der Waals surface area contributed by atoms with Crippen LogP contribution >= 0.6 is 11.8 Å². The summed E-state index contributed by atoms with van der Waals surface area (Å²) >= 11 is 1.70. The standard InChI is InChI=1S/C15H15NO2S/c1-10-3-6-14(7-11(10)2)19-9-13-5-4-12(8-16-13)15(17)18/h3-8H,9H2,1-2H3,(H,17,18). The molecule has 0 atom stereocenters. The molecule has 0 amide bonds. The summed E-state index contributed by atoms with van der Waals surface area (Å²) in [6, 6.07) is 9.71. The number of aryl methyl sites for hydroxylation is 2. The van der Waals surface area contributed by atoms with Gasteiger partial charge in [-0.05, 0) is 49.2 Å². The number of aromatic nitrogens is 1. The Morgan fingerprint density at radius 3 is 2.58 bits per heavy atom. The van der Waals surface area contributed by atoms with Crippen molar-refractivity contribution >= 4 is 17.7 Å². The minimum atomic E-state index is -0.944. The number of pyridine rings is 1. The molecule has 2 rings (SSSR count). The van der Waals surface area contributed by atoms with Crippen LogP contribution in [-0.2, 0) is 5.75 Å². The minimum absolute atomic E-state index is 0.222. The summed E-state index contributed by atoms with van der Waals surface area (Å²) in [5.41, 5.74) is 3.67. The average Bonchev–Trinajstić information content (AvgIpc) is 2.40. The lowest BCUT2D eigenvalue weighted by Crippen LogP contribution is -1.98. The Kier molecular flexibility index (Phi) is 4.22. The van der Waals surface area contributed by atoms with E-state index in [1.807, 2.05) is 0 Å². The lowest BCUT2D eigenvalue weighted by molar-refractivity contribution is 0.0696. The number of hydrogen-bond acceptors (Lipinski definition) is 3. The molecule has 3 nitrogen and oxygen atoms in total. The number of aromatic carboxylic acids is 1. The molecule has 0 saturated heterocycles. The van der Waals surface area contributed by atoms with Gasteiger partial charge >= 0.3 is 5.97 Å². The fourth-order valence-electron chi connectivity index (χ4n) is 1.60. The molecular formula is C15H15NO2S. The van der Waals surface area contributed by atoms with E-state index >= 15 is 0 Å². The molecule has 2 aromatic rings. The Bertz CT molecular complexity index is 594. The minimum Gasteiger partial charge on any atom is -0.478 e. The third kappa shape index (κ3) is 3.58. The number of benzene rings is 1. The van der Waals surface area contributed by atoms with Crippen LogP contribution in [0.2, 0.25) is 0 Å².